The molecule has 2 nitrogen and oxygen atoms in total. The first-order valence-electron chi connectivity index (χ1n) is 3.61. The molecule has 2 heterocycles. The zero-order valence-corrected chi connectivity index (χ0v) is 6.05. The van der Waals surface area contributed by atoms with Crippen LogP contribution in [0.2, 0.25) is 0 Å². The second-order valence-corrected chi connectivity index (χ2v) is 2.81. The summed E-state index contributed by atoms with van der Waals surface area (Å²) < 4.78 is 13.5. The van der Waals surface area contributed by atoms with E-state index in [2.05, 4.69) is 10.3 Å². The standard InChI is InChI=1S/C8H9FN2/c9-8(5-11-6-8)7-2-1-3-10-4-7/h1-4,11H,5-6H2. The molecular weight excluding hydrogens is 143 g/mol. The monoisotopic (exact) mass is 152 g/mol. The average molecular weight is 152 g/mol. The molecular formula is C8H9FN2. The fraction of sp³-hybridized carbons (Fsp3) is 0.375. The predicted molar refractivity (Wildman–Crippen MR) is 39.9 cm³/mol. The molecule has 58 valence electrons. The van der Waals surface area contributed by atoms with E-state index in [1.807, 2.05) is 0 Å². The fourth-order valence-corrected chi connectivity index (χ4v) is 1.18. The van der Waals surface area contributed by atoms with Gasteiger partial charge in [0.15, 0.2) is 5.67 Å². The Labute approximate surface area is 64.5 Å². The van der Waals surface area contributed by atoms with E-state index in [1.54, 1.807) is 24.5 Å². The minimum atomic E-state index is -1.16. The molecule has 1 aromatic rings. The average Bonchev–Trinajstić information content (AvgIpc) is 2.02. The van der Waals surface area contributed by atoms with E-state index in [1.165, 1.54) is 0 Å². The number of rotatable bonds is 1. The minimum Gasteiger partial charge on any atom is -0.310 e. The molecule has 1 aliphatic rings. The molecule has 3 heteroatoms. The van der Waals surface area contributed by atoms with Crippen molar-refractivity contribution in [2.75, 3.05) is 13.1 Å². The van der Waals surface area contributed by atoms with Gasteiger partial charge in [0.2, 0.25) is 0 Å². The Kier molecular flexibility index (Phi) is 1.39. The summed E-state index contributed by atoms with van der Waals surface area (Å²) in [6.07, 6.45) is 3.24. The third-order valence-corrected chi connectivity index (χ3v) is 1.99. The van der Waals surface area contributed by atoms with Crippen molar-refractivity contribution in [3.8, 4) is 0 Å². The van der Waals surface area contributed by atoms with Crippen LogP contribution in [0, 0.1) is 0 Å². The third kappa shape index (κ3) is 1.01. The molecule has 11 heavy (non-hydrogen) atoms. The van der Waals surface area contributed by atoms with Crippen molar-refractivity contribution in [3.63, 3.8) is 0 Å². The lowest BCUT2D eigenvalue weighted by molar-refractivity contribution is 0.0887. The number of halogens is 1. The molecule has 0 radical (unpaired) electrons. The van der Waals surface area contributed by atoms with Crippen LogP contribution in [0.5, 0.6) is 0 Å². The van der Waals surface area contributed by atoms with Gasteiger partial charge in [0.1, 0.15) is 0 Å². The predicted octanol–water partition coefficient (Wildman–Crippen LogP) is 0.850. The van der Waals surface area contributed by atoms with E-state index in [-0.39, 0.29) is 0 Å². The van der Waals surface area contributed by atoms with Gasteiger partial charge in [-0.3, -0.25) is 4.98 Å². The van der Waals surface area contributed by atoms with Crippen LogP contribution in [0.15, 0.2) is 24.5 Å². The minimum absolute atomic E-state index is 0.415. The van der Waals surface area contributed by atoms with Crippen molar-refractivity contribution in [2.24, 2.45) is 0 Å². The molecule has 1 aliphatic heterocycles. The molecule has 0 spiro atoms. The van der Waals surface area contributed by atoms with E-state index < -0.39 is 5.67 Å². The number of hydrogen-bond donors (Lipinski definition) is 1. The zero-order valence-electron chi connectivity index (χ0n) is 6.05. The summed E-state index contributed by atoms with van der Waals surface area (Å²) >= 11 is 0. The topological polar surface area (TPSA) is 24.9 Å². The van der Waals surface area contributed by atoms with E-state index >= 15 is 0 Å². The molecule has 2 rings (SSSR count). The Hall–Kier alpha value is -0.960. The van der Waals surface area contributed by atoms with Crippen LogP contribution in [-0.4, -0.2) is 18.1 Å². The van der Waals surface area contributed by atoms with Gasteiger partial charge in [-0.05, 0) is 6.07 Å². The SMILES string of the molecule is FC1(c2cccnc2)CNC1. The molecule has 1 fully saturated rings. The fourth-order valence-electron chi connectivity index (χ4n) is 1.18. The Morgan fingerprint density at radius 2 is 2.36 bits per heavy atom. The van der Waals surface area contributed by atoms with E-state index in [9.17, 15) is 4.39 Å². The van der Waals surface area contributed by atoms with Crippen molar-refractivity contribution in [1.29, 1.82) is 0 Å². The molecule has 0 aromatic carbocycles. The maximum Gasteiger partial charge on any atom is 0.162 e. The van der Waals surface area contributed by atoms with Crippen LogP contribution in [0.4, 0.5) is 4.39 Å². The molecule has 1 saturated heterocycles. The lowest BCUT2D eigenvalue weighted by Gasteiger charge is -2.34. The second-order valence-electron chi connectivity index (χ2n) is 2.81. The Balaban J connectivity index is 2.29. The van der Waals surface area contributed by atoms with Gasteiger partial charge < -0.3 is 5.32 Å². The van der Waals surface area contributed by atoms with Crippen molar-refractivity contribution < 1.29 is 4.39 Å². The Morgan fingerprint density at radius 1 is 1.55 bits per heavy atom. The lowest BCUT2D eigenvalue weighted by atomic mass is 9.92. The van der Waals surface area contributed by atoms with Crippen LogP contribution >= 0.6 is 0 Å². The molecule has 0 atom stereocenters. The quantitative estimate of drug-likeness (QED) is 0.645. The highest BCUT2D eigenvalue weighted by Crippen LogP contribution is 2.28. The summed E-state index contributed by atoms with van der Waals surface area (Å²) in [6.45, 7) is 0.831. The van der Waals surface area contributed by atoms with Crippen molar-refractivity contribution in [2.45, 2.75) is 5.67 Å². The van der Waals surface area contributed by atoms with Crippen LogP contribution in [-0.2, 0) is 5.67 Å². The highest BCUT2D eigenvalue weighted by molar-refractivity contribution is 5.22. The van der Waals surface area contributed by atoms with Gasteiger partial charge >= 0.3 is 0 Å². The lowest BCUT2D eigenvalue weighted by Crippen LogP contribution is -2.53. The largest absolute Gasteiger partial charge is 0.310 e. The highest BCUT2D eigenvalue weighted by Gasteiger charge is 2.38. The summed E-state index contributed by atoms with van der Waals surface area (Å²) in [6, 6.07) is 3.53. The van der Waals surface area contributed by atoms with Gasteiger partial charge in [0.05, 0.1) is 0 Å². The summed E-state index contributed by atoms with van der Waals surface area (Å²) in [5, 5.41) is 2.90. The molecule has 0 amide bonds. The number of nitrogens with zero attached hydrogens (tertiary/aromatic N) is 1. The Morgan fingerprint density at radius 3 is 2.82 bits per heavy atom. The van der Waals surface area contributed by atoms with Gasteiger partial charge in [0, 0.05) is 31.0 Å². The first-order valence-corrected chi connectivity index (χ1v) is 3.61. The van der Waals surface area contributed by atoms with Crippen LogP contribution in [0.3, 0.4) is 0 Å². The number of alkyl halides is 1. The van der Waals surface area contributed by atoms with Gasteiger partial charge in [-0.1, -0.05) is 6.07 Å². The summed E-state index contributed by atoms with van der Waals surface area (Å²) in [5.41, 5.74) is -0.479. The molecule has 0 aliphatic carbocycles. The van der Waals surface area contributed by atoms with E-state index in [4.69, 9.17) is 0 Å². The van der Waals surface area contributed by atoms with Crippen LogP contribution in [0.25, 0.3) is 0 Å². The van der Waals surface area contributed by atoms with Crippen LogP contribution in [0.1, 0.15) is 5.56 Å². The number of nitrogens with one attached hydrogen (secondary N) is 1. The maximum absolute atomic E-state index is 13.5. The van der Waals surface area contributed by atoms with Gasteiger partial charge in [-0.25, -0.2) is 4.39 Å². The molecule has 1 aromatic heterocycles. The molecule has 0 bridgehead atoms. The molecule has 1 N–H and O–H groups in total. The van der Waals surface area contributed by atoms with Crippen LogP contribution < -0.4 is 5.32 Å². The highest BCUT2D eigenvalue weighted by atomic mass is 19.1. The number of hydrogen-bond acceptors (Lipinski definition) is 2. The molecule has 0 unspecified atom stereocenters. The number of pyridine rings is 1. The van der Waals surface area contributed by atoms with Gasteiger partial charge in [-0.2, -0.15) is 0 Å². The van der Waals surface area contributed by atoms with E-state index in [0.29, 0.717) is 18.7 Å². The van der Waals surface area contributed by atoms with E-state index in [0.717, 1.165) is 0 Å². The zero-order chi connectivity index (χ0) is 7.73. The smallest absolute Gasteiger partial charge is 0.162 e. The number of aromatic nitrogens is 1. The summed E-state index contributed by atoms with van der Waals surface area (Å²) in [7, 11) is 0. The normalized spacial score (nSPS) is 20.8. The van der Waals surface area contributed by atoms with Gasteiger partial charge in [-0.15, -0.1) is 0 Å². The first-order chi connectivity index (χ1) is 5.31. The molecule has 0 saturated carbocycles. The van der Waals surface area contributed by atoms with Crippen molar-refractivity contribution >= 4 is 0 Å². The maximum atomic E-state index is 13.5. The first kappa shape index (κ1) is 6.73. The summed E-state index contributed by atoms with van der Waals surface area (Å²) in [4.78, 5) is 3.87. The van der Waals surface area contributed by atoms with Crippen molar-refractivity contribution in [3.05, 3.63) is 30.1 Å². The van der Waals surface area contributed by atoms with Gasteiger partial charge in [0.25, 0.3) is 0 Å². The summed E-state index contributed by atoms with van der Waals surface area (Å²) in [5.74, 6) is 0. The third-order valence-electron chi connectivity index (χ3n) is 1.99. The van der Waals surface area contributed by atoms with Crippen molar-refractivity contribution in [1.82, 2.24) is 10.3 Å². The Bertz CT molecular complexity index is 244. The second kappa shape index (κ2) is 2.27.